The van der Waals surface area contributed by atoms with Gasteiger partial charge in [-0.3, -0.25) is 15.1 Å². The number of pyridine rings is 1. The highest BCUT2D eigenvalue weighted by molar-refractivity contribution is 9.10. The number of anilines is 1. The van der Waals surface area contributed by atoms with E-state index in [1.165, 1.54) is 18.8 Å². The van der Waals surface area contributed by atoms with E-state index in [9.17, 15) is 10.1 Å². The molecule has 0 amide bonds. The number of hydrogen-bond donors (Lipinski definition) is 1. The number of nitrogens with one attached hydrogen (secondary N) is 1. The second kappa shape index (κ2) is 5.54. The summed E-state index contributed by atoms with van der Waals surface area (Å²) >= 11 is 3.22. The molecule has 8 nitrogen and oxygen atoms in total. The molecule has 0 bridgehead atoms. The molecule has 0 unspecified atom stereocenters. The molecule has 0 fully saturated rings. The van der Waals surface area contributed by atoms with Crippen LogP contribution in [-0.2, 0) is 6.42 Å². The minimum absolute atomic E-state index is 0.0857. The highest BCUT2D eigenvalue weighted by Gasteiger charge is 2.16. The molecular weight excluding hydrogens is 306 g/mol. The van der Waals surface area contributed by atoms with Crippen molar-refractivity contribution in [2.45, 2.75) is 6.42 Å². The van der Waals surface area contributed by atoms with Crippen LogP contribution in [-0.4, -0.2) is 26.6 Å². The zero-order valence-electron chi connectivity index (χ0n) is 9.04. The molecule has 0 saturated carbocycles. The summed E-state index contributed by atoms with van der Waals surface area (Å²) in [6.07, 6.45) is 4.42. The minimum Gasteiger partial charge on any atom is -0.378 e. The van der Waals surface area contributed by atoms with Crippen LogP contribution < -0.4 is 5.32 Å². The second-order valence-corrected chi connectivity index (χ2v) is 4.15. The van der Waals surface area contributed by atoms with E-state index >= 15 is 0 Å². The molecule has 0 radical (unpaired) electrons. The summed E-state index contributed by atoms with van der Waals surface area (Å²) in [4.78, 5) is 17.9. The van der Waals surface area contributed by atoms with Gasteiger partial charge in [0.25, 0.3) is 0 Å². The average Bonchev–Trinajstić information content (AvgIpc) is 2.84. The minimum atomic E-state index is -0.492. The smallest absolute Gasteiger partial charge is 0.311 e. The van der Waals surface area contributed by atoms with E-state index in [0.717, 1.165) is 0 Å². The van der Waals surface area contributed by atoms with Crippen molar-refractivity contribution in [3.63, 3.8) is 0 Å². The molecule has 2 heterocycles. The molecule has 1 N–H and O–H groups in total. The summed E-state index contributed by atoms with van der Waals surface area (Å²) in [6.45, 7) is 0.447. The van der Waals surface area contributed by atoms with Crippen molar-refractivity contribution in [1.82, 2.24) is 15.1 Å². The Hall–Kier alpha value is -2.03. The predicted molar refractivity (Wildman–Crippen MR) is 65.1 cm³/mol. The van der Waals surface area contributed by atoms with Crippen molar-refractivity contribution >= 4 is 27.3 Å². The fraction of sp³-hybridized carbons (Fsp3) is 0.222. The number of nitro groups is 1. The summed E-state index contributed by atoms with van der Waals surface area (Å²) in [6, 6.07) is 0. The molecule has 0 aliphatic heterocycles. The standard InChI is InChI=1S/C9H8BrN5O3/c10-6-3-11-4-7(15(16)17)9(6)12-2-1-8-13-5-18-14-8/h3-5H,1-2H2,(H,11,12). The number of rotatable bonds is 5. The van der Waals surface area contributed by atoms with Crippen LogP contribution >= 0.6 is 15.9 Å². The molecule has 0 aliphatic rings. The third-order valence-corrected chi connectivity index (χ3v) is 2.73. The van der Waals surface area contributed by atoms with E-state index in [1.54, 1.807) is 0 Å². The Kier molecular flexibility index (Phi) is 3.82. The number of nitrogens with zero attached hydrogens (tertiary/aromatic N) is 4. The van der Waals surface area contributed by atoms with E-state index in [0.29, 0.717) is 29.0 Å². The maximum Gasteiger partial charge on any atom is 0.311 e. The van der Waals surface area contributed by atoms with Gasteiger partial charge >= 0.3 is 5.69 Å². The topological polar surface area (TPSA) is 107 Å². The normalized spacial score (nSPS) is 10.3. The maximum atomic E-state index is 10.8. The molecule has 0 atom stereocenters. The lowest BCUT2D eigenvalue weighted by molar-refractivity contribution is -0.384. The molecule has 0 spiro atoms. The van der Waals surface area contributed by atoms with Crippen molar-refractivity contribution in [2.24, 2.45) is 0 Å². The number of aromatic nitrogens is 3. The van der Waals surface area contributed by atoms with Gasteiger partial charge in [-0.25, -0.2) is 0 Å². The monoisotopic (exact) mass is 313 g/mol. The molecule has 18 heavy (non-hydrogen) atoms. The van der Waals surface area contributed by atoms with Crippen LogP contribution in [0.3, 0.4) is 0 Å². The summed E-state index contributed by atoms with van der Waals surface area (Å²) in [5, 5.41) is 17.4. The molecule has 9 heteroatoms. The second-order valence-electron chi connectivity index (χ2n) is 3.30. The fourth-order valence-electron chi connectivity index (χ4n) is 1.34. The maximum absolute atomic E-state index is 10.8. The van der Waals surface area contributed by atoms with Gasteiger partial charge in [-0.2, -0.15) is 4.98 Å². The summed E-state index contributed by atoms with van der Waals surface area (Å²) in [5.74, 6) is 0.537. The zero-order chi connectivity index (χ0) is 13.0. The zero-order valence-corrected chi connectivity index (χ0v) is 10.6. The van der Waals surface area contributed by atoms with Crippen LogP contribution in [0.5, 0.6) is 0 Å². The summed E-state index contributed by atoms with van der Waals surface area (Å²) < 4.78 is 5.12. The van der Waals surface area contributed by atoms with Gasteiger partial charge in [0, 0.05) is 19.2 Å². The fourth-order valence-corrected chi connectivity index (χ4v) is 1.80. The lowest BCUT2D eigenvalue weighted by atomic mass is 10.3. The Bertz CT molecular complexity index is 545. The number of halogens is 1. The lowest BCUT2D eigenvalue weighted by Crippen LogP contribution is -2.08. The third-order valence-electron chi connectivity index (χ3n) is 2.13. The van der Waals surface area contributed by atoms with Crippen LogP contribution in [0, 0.1) is 10.1 Å². The molecule has 0 saturated heterocycles. The Morgan fingerprint density at radius 1 is 1.50 bits per heavy atom. The van der Waals surface area contributed by atoms with E-state index in [1.807, 2.05) is 0 Å². The van der Waals surface area contributed by atoms with E-state index < -0.39 is 4.92 Å². The van der Waals surface area contributed by atoms with Crippen LogP contribution in [0.2, 0.25) is 0 Å². The van der Waals surface area contributed by atoms with Gasteiger partial charge in [0.1, 0.15) is 11.9 Å². The Morgan fingerprint density at radius 3 is 3.00 bits per heavy atom. The summed E-state index contributed by atoms with van der Waals surface area (Å²) in [7, 11) is 0. The molecule has 0 aromatic carbocycles. The van der Waals surface area contributed by atoms with Crippen molar-refractivity contribution in [3.8, 4) is 0 Å². The van der Waals surface area contributed by atoms with Gasteiger partial charge in [0.05, 0.1) is 9.40 Å². The molecule has 2 aromatic heterocycles. The lowest BCUT2D eigenvalue weighted by Gasteiger charge is -2.07. The molecule has 0 aliphatic carbocycles. The first kappa shape index (κ1) is 12.4. The first-order valence-electron chi connectivity index (χ1n) is 4.95. The van der Waals surface area contributed by atoms with Crippen LogP contribution in [0.1, 0.15) is 5.82 Å². The van der Waals surface area contributed by atoms with Gasteiger partial charge in [0.2, 0.25) is 6.39 Å². The van der Waals surface area contributed by atoms with Crippen LogP contribution in [0.15, 0.2) is 27.8 Å². The number of hydrogen-bond acceptors (Lipinski definition) is 7. The molecular formula is C9H8BrN5O3. The molecule has 2 aromatic rings. The van der Waals surface area contributed by atoms with Crippen molar-refractivity contribution in [2.75, 3.05) is 11.9 Å². The molecule has 94 valence electrons. The largest absolute Gasteiger partial charge is 0.378 e. The first-order valence-corrected chi connectivity index (χ1v) is 5.75. The van der Waals surface area contributed by atoms with E-state index in [-0.39, 0.29) is 5.69 Å². The van der Waals surface area contributed by atoms with Gasteiger partial charge in [0.15, 0.2) is 5.82 Å². The Labute approximate surface area is 110 Å². The first-order chi connectivity index (χ1) is 8.68. The van der Waals surface area contributed by atoms with Gasteiger partial charge in [-0.05, 0) is 15.9 Å². The summed E-state index contributed by atoms with van der Waals surface area (Å²) in [5.41, 5.74) is 0.302. The van der Waals surface area contributed by atoms with Crippen LogP contribution in [0.25, 0.3) is 0 Å². The van der Waals surface area contributed by atoms with Crippen LogP contribution in [0.4, 0.5) is 11.4 Å². The van der Waals surface area contributed by atoms with Gasteiger partial charge in [-0.1, -0.05) is 5.16 Å². The SMILES string of the molecule is O=[N+]([O-])c1cncc(Br)c1NCCc1ncon1. The van der Waals surface area contributed by atoms with Gasteiger partial charge < -0.3 is 9.84 Å². The predicted octanol–water partition coefficient (Wildman–Crippen LogP) is 1.79. The van der Waals surface area contributed by atoms with Crippen molar-refractivity contribution in [3.05, 3.63) is 39.2 Å². The highest BCUT2D eigenvalue weighted by atomic mass is 79.9. The average molecular weight is 314 g/mol. The quantitative estimate of drug-likeness (QED) is 0.662. The van der Waals surface area contributed by atoms with E-state index in [4.69, 9.17) is 0 Å². The van der Waals surface area contributed by atoms with Gasteiger partial charge in [-0.15, -0.1) is 0 Å². The Balaban J connectivity index is 2.06. The van der Waals surface area contributed by atoms with Crippen molar-refractivity contribution < 1.29 is 9.45 Å². The third kappa shape index (κ3) is 2.80. The van der Waals surface area contributed by atoms with Crippen molar-refractivity contribution in [1.29, 1.82) is 0 Å². The highest BCUT2D eigenvalue weighted by Crippen LogP contribution is 2.30. The van der Waals surface area contributed by atoms with E-state index in [2.05, 4.69) is 40.9 Å². The Morgan fingerprint density at radius 2 is 2.33 bits per heavy atom. The molecule has 2 rings (SSSR count).